The maximum atomic E-state index is 12.6. The van der Waals surface area contributed by atoms with Gasteiger partial charge in [0.2, 0.25) is 0 Å². The van der Waals surface area contributed by atoms with Gasteiger partial charge in [-0.3, -0.25) is 9.62 Å². The number of pyridine rings is 1. The number of hydrogen-bond donors (Lipinski definition) is 1. The number of aromatic nitrogens is 1. The molecule has 2 aromatic rings. The van der Waals surface area contributed by atoms with Crippen LogP contribution in [0, 0.1) is 0 Å². The second-order valence-corrected chi connectivity index (χ2v) is 9.02. The number of nitrogens with zero attached hydrogens (tertiary/aromatic N) is 3. The molecular weight excluding hydrogens is 384 g/mol. The van der Waals surface area contributed by atoms with Crippen molar-refractivity contribution in [3.05, 3.63) is 60.8 Å². The lowest BCUT2D eigenvalue weighted by Crippen LogP contribution is -2.46. The van der Waals surface area contributed by atoms with E-state index in [1.54, 1.807) is 24.4 Å². The molecule has 1 N–H and O–H groups in total. The smallest absolute Gasteiger partial charge is 0.261 e. The van der Waals surface area contributed by atoms with E-state index in [1.165, 1.54) is 0 Å². The Kier molecular flexibility index (Phi) is 7.28. The van der Waals surface area contributed by atoms with Crippen LogP contribution in [0.2, 0.25) is 0 Å². The second-order valence-electron chi connectivity index (χ2n) is 7.33. The number of anilines is 2. The number of benzene rings is 1. The predicted octanol–water partition coefficient (Wildman–Crippen LogP) is 3.53. The van der Waals surface area contributed by atoms with Crippen LogP contribution in [0.1, 0.15) is 25.3 Å². The van der Waals surface area contributed by atoms with Gasteiger partial charge in [-0.25, -0.2) is 13.4 Å². The monoisotopic (exact) mass is 414 g/mol. The average Bonchev–Trinajstić information content (AvgIpc) is 2.74. The van der Waals surface area contributed by atoms with Crippen LogP contribution < -0.4 is 9.62 Å². The molecule has 0 atom stereocenters. The fraction of sp³-hybridized carbons (Fsp3) is 0.409. The Labute approximate surface area is 174 Å². The van der Waals surface area contributed by atoms with E-state index in [0.717, 1.165) is 63.4 Å². The zero-order chi connectivity index (χ0) is 20.7. The van der Waals surface area contributed by atoms with Crippen molar-refractivity contribution < 1.29 is 8.42 Å². The second kappa shape index (κ2) is 9.89. The zero-order valence-electron chi connectivity index (χ0n) is 17.0. The Bertz CT molecular complexity index is 887. The number of rotatable bonds is 9. The van der Waals surface area contributed by atoms with E-state index >= 15 is 0 Å². The lowest BCUT2D eigenvalue weighted by Gasteiger charge is -2.34. The largest absolute Gasteiger partial charge is 0.354 e. The first-order valence-corrected chi connectivity index (χ1v) is 11.7. The summed E-state index contributed by atoms with van der Waals surface area (Å²) in [5.74, 6) is 0.867. The zero-order valence-corrected chi connectivity index (χ0v) is 17.9. The summed E-state index contributed by atoms with van der Waals surface area (Å²) < 4.78 is 27.9. The third-order valence-electron chi connectivity index (χ3n) is 5.14. The van der Waals surface area contributed by atoms with Crippen LogP contribution in [0.25, 0.3) is 0 Å². The number of hydrogen-bond acceptors (Lipinski definition) is 5. The molecule has 1 aromatic heterocycles. The van der Waals surface area contributed by atoms with Crippen LogP contribution in [0.4, 0.5) is 11.5 Å². The van der Waals surface area contributed by atoms with E-state index in [1.807, 2.05) is 24.3 Å². The molecule has 1 saturated heterocycles. The van der Waals surface area contributed by atoms with Gasteiger partial charge in [0.25, 0.3) is 10.0 Å². The van der Waals surface area contributed by atoms with E-state index in [0.29, 0.717) is 5.69 Å². The SMILES string of the molecule is C=CCN1CCN(c2ccc(NS(=O)(=O)c3ccc(CCCC)cc3)cn2)CC1. The van der Waals surface area contributed by atoms with Gasteiger partial charge in [0.1, 0.15) is 5.82 Å². The molecule has 3 rings (SSSR count). The van der Waals surface area contributed by atoms with Crippen molar-refractivity contribution in [3.63, 3.8) is 0 Å². The summed E-state index contributed by atoms with van der Waals surface area (Å²) in [5, 5.41) is 0. The Morgan fingerprint density at radius 1 is 1.10 bits per heavy atom. The van der Waals surface area contributed by atoms with E-state index in [-0.39, 0.29) is 4.90 Å². The van der Waals surface area contributed by atoms with Crippen molar-refractivity contribution in [2.75, 3.05) is 42.3 Å². The summed E-state index contributed by atoms with van der Waals surface area (Å²) in [7, 11) is -3.62. The first kappa shape index (κ1) is 21.3. The van der Waals surface area contributed by atoms with Gasteiger partial charge in [-0.1, -0.05) is 31.6 Å². The van der Waals surface area contributed by atoms with Crippen molar-refractivity contribution in [2.24, 2.45) is 0 Å². The molecule has 0 bridgehead atoms. The van der Waals surface area contributed by atoms with Crippen LogP contribution in [-0.4, -0.2) is 51.0 Å². The van der Waals surface area contributed by atoms with Gasteiger partial charge in [0.05, 0.1) is 16.8 Å². The van der Waals surface area contributed by atoms with Crippen LogP contribution >= 0.6 is 0 Å². The molecule has 0 unspecified atom stereocenters. The van der Waals surface area contributed by atoms with Crippen LogP contribution in [-0.2, 0) is 16.4 Å². The number of unbranched alkanes of at least 4 members (excludes halogenated alkanes) is 1. The van der Waals surface area contributed by atoms with E-state index < -0.39 is 10.0 Å². The minimum atomic E-state index is -3.62. The summed E-state index contributed by atoms with van der Waals surface area (Å²) in [4.78, 5) is 9.29. The number of aryl methyl sites for hydroxylation is 1. The summed E-state index contributed by atoms with van der Waals surface area (Å²) in [6.07, 6.45) is 6.70. The third kappa shape index (κ3) is 5.81. The fourth-order valence-corrected chi connectivity index (χ4v) is 4.45. The molecule has 0 saturated carbocycles. The van der Waals surface area contributed by atoms with Gasteiger partial charge >= 0.3 is 0 Å². The average molecular weight is 415 g/mol. The van der Waals surface area contributed by atoms with Gasteiger partial charge in [-0.15, -0.1) is 6.58 Å². The summed E-state index contributed by atoms with van der Waals surface area (Å²) in [5.41, 5.74) is 1.62. The number of nitrogens with one attached hydrogen (secondary N) is 1. The Hall–Kier alpha value is -2.38. The van der Waals surface area contributed by atoms with E-state index in [9.17, 15) is 8.42 Å². The molecule has 1 aliphatic heterocycles. The maximum Gasteiger partial charge on any atom is 0.261 e. The molecule has 29 heavy (non-hydrogen) atoms. The molecule has 0 spiro atoms. The lowest BCUT2D eigenvalue weighted by atomic mass is 10.1. The van der Waals surface area contributed by atoms with Gasteiger partial charge < -0.3 is 4.90 Å². The van der Waals surface area contributed by atoms with Crippen molar-refractivity contribution in [1.29, 1.82) is 0 Å². The Morgan fingerprint density at radius 2 is 1.83 bits per heavy atom. The minimum absolute atomic E-state index is 0.264. The highest BCUT2D eigenvalue weighted by Gasteiger charge is 2.18. The molecule has 0 aliphatic carbocycles. The third-order valence-corrected chi connectivity index (χ3v) is 6.53. The highest BCUT2D eigenvalue weighted by Crippen LogP contribution is 2.20. The van der Waals surface area contributed by atoms with Crippen LogP contribution in [0.3, 0.4) is 0 Å². The standard InChI is InChI=1S/C22H30N4O2S/c1-3-5-6-19-7-10-21(11-8-19)29(27,28)24-20-9-12-22(23-18-20)26-16-14-25(13-4-2)15-17-26/h4,7-12,18,24H,2-3,5-6,13-17H2,1H3. The molecular formula is C22H30N4O2S. The first-order valence-electron chi connectivity index (χ1n) is 10.2. The molecule has 0 radical (unpaired) electrons. The minimum Gasteiger partial charge on any atom is -0.354 e. The molecule has 1 aliphatic rings. The number of sulfonamides is 1. The normalized spacial score (nSPS) is 15.3. The van der Waals surface area contributed by atoms with Gasteiger partial charge in [-0.05, 0) is 42.7 Å². The maximum absolute atomic E-state index is 12.6. The molecule has 1 aromatic carbocycles. The Morgan fingerprint density at radius 3 is 2.41 bits per heavy atom. The summed E-state index contributed by atoms with van der Waals surface area (Å²) in [6.45, 7) is 10.6. The first-order chi connectivity index (χ1) is 14.0. The van der Waals surface area contributed by atoms with Gasteiger partial charge in [0, 0.05) is 32.7 Å². The van der Waals surface area contributed by atoms with Crippen molar-refractivity contribution in [2.45, 2.75) is 31.1 Å². The Balaban J connectivity index is 1.60. The van der Waals surface area contributed by atoms with Crippen LogP contribution in [0.15, 0.2) is 60.1 Å². The molecule has 2 heterocycles. The van der Waals surface area contributed by atoms with E-state index in [2.05, 4.69) is 33.0 Å². The molecule has 6 nitrogen and oxygen atoms in total. The fourth-order valence-electron chi connectivity index (χ4n) is 3.41. The quantitative estimate of drug-likeness (QED) is 0.636. The summed E-state index contributed by atoms with van der Waals surface area (Å²) >= 11 is 0. The molecule has 1 fully saturated rings. The van der Waals surface area contributed by atoms with Crippen LogP contribution in [0.5, 0.6) is 0 Å². The predicted molar refractivity (Wildman–Crippen MR) is 119 cm³/mol. The number of piperazine rings is 1. The van der Waals surface area contributed by atoms with Crippen molar-refractivity contribution in [1.82, 2.24) is 9.88 Å². The van der Waals surface area contributed by atoms with Gasteiger partial charge in [0.15, 0.2) is 0 Å². The highest BCUT2D eigenvalue weighted by molar-refractivity contribution is 7.92. The van der Waals surface area contributed by atoms with Crippen molar-refractivity contribution in [3.8, 4) is 0 Å². The van der Waals surface area contributed by atoms with E-state index in [4.69, 9.17) is 0 Å². The lowest BCUT2D eigenvalue weighted by molar-refractivity contribution is 0.283. The highest BCUT2D eigenvalue weighted by atomic mass is 32.2. The summed E-state index contributed by atoms with van der Waals surface area (Å²) in [6, 6.07) is 10.7. The molecule has 156 valence electrons. The van der Waals surface area contributed by atoms with Crippen molar-refractivity contribution >= 4 is 21.5 Å². The molecule has 7 heteroatoms. The topological polar surface area (TPSA) is 65.5 Å². The molecule has 0 amide bonds. The van der Waals surface area contributed by atoms with Gasteiger partial charge in [-0.2, -0.15) is 0 Å².